The number of hydrogen-bond donors (Lipinski definition) is 0. The van der Waals surface area contributed by atoms with E-state index >= 15 is 0 Å². The molecular formula is C15H15Cl2N3O4S. The first-order valence-electron chi connectivity index (χ1n) is 7.47. The van der Waals surface area contributed by atoms with E-state index in [0.29, 0.717) is 31.9 Å². The van der Waals surface area contributed by atoms with Crippen LogP contribution in [0.15, 0.2) is 40.2 Å². The van der Waals surface area contributed by atoms with Crippen LogP contribution >= 0.6 is 23.2 Å². The van der Waals surface area contributed by atoms with E-state index in [4.69, 9.17) is 27.9 Å². The fraction of sp³-hybridized carbons (Fsp3) is 0.333. The molecule has 0 saturated carbocycles. The zero-order valence-electron chi connectivity index (χ0n) is 13.1. The maximum Gasteiger partial charge on any atom is 0.287 e. The molecule has 0 amide bonds. The second kappa shape index (κ2) is 7.43. The summed E-state index contributed by atoms with van der Waals surface area (Å²) < 4.78 is 33.1. The number of ether oxygens (including phenoxy) is 1. The molecule has 2 heterocycles. The minimum absolute atomic E-state index is 0.0755. The van der Waals surface area contributed by atoms with Crippen LogP contribution in [0.1, 0.15) is 5.56 Å². The van der Waals surface area contributed by atoms with Crippen molar-refractivity contribution in [2.24, 2.45) is 0 Å². The van der Waals surface area contributed by atoms with Crippen molar-refractivity contribution in [3.8, 4) is 0 Å². The number of rotatable bonds is 4. The Hall–Kier alpha value is -1.45. The van der Waals surface area contributed by atoms with Gasteiger partial charge in [-0.1, -0.05) is 35.3 Å². The van der Waals surface area contributed by atoms with Crippen molar-refractivity contribution in [2.45, 2.75) is 11.4 Å². The predicted octanol–water partition coefficient (Wildman–Crippen LogP) is 1.62. The van der Waals surface area contributed by atoms with Crippen LogP contribution in [0.3, 0.4) is 0 Å². The lowest BCUT2D eigenvalue weighted by Gasteiger charge is -2.26. The normalized spacial score (nSPS) is 16.1. The Balaban J connectivity index is 1.89. The Labute approximate surface area is 154 Å². The van der Waals surface area contributed by atoms with E-state index in [-0.39, 0.29) is 21.5 Å². The van der Waals surface area contributed by atoms with Gasteiger partial charge in [-0.3, -0.25) is 4.79 Å². The summed E-state index contributed by atoms with van der Waals surface area (Å²) in [4.78, 5) is 12.2. The van der Waals surface area contributed by atoms with E-state index in [1.165, 1.54) is 22.6 Å². The molecule has 1 aliphatic heterocycles. The fourth-order valence-corrected chi connectivity index (χ4v) is 4.22. The van der Waals surface area contributed by atoms with Gasteiger partial charge in [0.1, 0.15) is 5.02 Å². The largest absolute Gasteiger partial charge is 0.379 e. The van der Waals surface area contributed by atoms with Crippen LogP contribution < -0.4 is 5.56 Å². The van der Waals surface area contributed by atoms with E-state index < -0.39 is 15.6 Å². The molecule has 7 nitrogen and oxygen atoms in total. The minimum Gasteiger partial charge on any atom is -0.379 e. The molecule has 2 aromatic rings. The van der Waals surface area contributed by atoms with Gasteiger partial charge in [-0.2, -0.15) is 9.40 Å². The van der Waals surface area contributed by atoms with Gasteiger partial charge in [0.25, 0.3) is 5.56 Å². The maximum atomic E-state index is 12.7. The van der Waals surface area contributed by atoms with Crippen LogP contribution in [0, 0.1) is 0 Å². The third kappa shape index (κ3) is 3.88. The average Bonchev–Trinajstić information content (AvgIpc) is 2.63. The van der Waals surface area contributed by atoms with E-state index in [0.717, 1.165) is 4.68 Å². The SMILES string of the molecule is O=c1c(Cl)c(Cl)cnn1Cc1cccc(S(=O)(=O)N2CCOCC2)c1. The van der Waals surface area contributed by atoms with E-state index in [1.54, 1.807) is 12.1 Å². The molecule has 10 heteroatoms. The van der Waals surface area contributed by atoms with Gasteiger partial charge in [-0.25, -0.2) is 13.1 Å². The van der Waals surface area contributed by atoms with Crippen molar-refractivity contribution in [2.75, 3.05) is 26.3 Å². The van der Waals surface area contributed by atoms with Crippen molar-refractivity contribution in [3.63, 3.8) is 0 Å². The van der Waals surface area contributed by atoms with Crippen molar-refractivity contribution in [3.05, 3.63) is 56.4 Å². The molecule has 0 unspecified atom stereocenters. The zero-order valence-corrected chi connectivity index (χ0v) is 15.4. The molecule has 1 saturated heterocycles. The summed E-state index contributed by atoms with van der Waals surface area (Å²) in [5.41, 5.74) is 0.0814. The highest BCUT2D eigenvalue weighted by Crippen LogP contribution is 2.19. The second-order valence-corrected chi connectivity index (χ2v) is 8.16. The Morgan fingerprint density at radius 1 is 1.20 bits per heavy atom. The fourth-order valence-electron chi connectivity index (χ4n) is 2.47. The quantitative estimate of drug-likeness (QED) is 0.774. The Morgan fingerprint density at radius 3 is 2.64 bits per heavy atom. The number of benzene rings is 1. The molecule has 1 fully saturated rings. The molecule has 1 aromatic heterocycles. The summed E-state index contributed by atoms with van der Waals surface area (Å²) in [5, 5.41) is 3.89. The first-order valence-corrected chi connectivity index (χ1v) is 9.67. The summed E-state index contributed by atoms with van der Waals surface area (Å²) in [6.45, 7) is 1.48. The highest BCUT2D eigenvalue weighted by molar-refractivity contribution is 7.89. The first-order chi connectivity index (χ1) is 11.9. The third-order valence-electron chi connectivity index (χ3n) is 3.78. The monoisotopic (exact) mass is 403 g/mol. The van der Waals surface area contributed by atoms with Crippen molar-refractivity contribution in [1.82, 2.24) is 14.1 Å². The maximum absolute atomic E-state index is 12.7. The Kier molecular flexibility index (Phi) is 5.45. The van der Waals surface area contributed by atoms with Crippen LogP contribution in [0.4, 0.5) is 0 Å². The topological polar surface area (TPSA) is 81.5 Å². The molecule has 134 valence electrons. The molecule has 3 rings (SSSR count). The number of nitrogens with zero attached hydrogens (tertiary/aromatic N) is 3. The smallest absolute Gasteiger partial charge is 0.287 e. The number of halogens is 2. The van der Waals surface area contributed by atoms with Gasteiger partial charge >= 0.3 is 0 Å². The van der Waals surface area contributed by atoms with Gasteiger partial charge in [0.2, 0.25) is 10.0 Å². The first kappa shape index (κ1) is 18.3. The lowest BCUT2D eigenvalue weighted by molar-refractivity contribution is 0.0730. The highest BCUT2D eigenvalue weighted by Gasteiger charge is 2.26. The van der Waals surface area contributed by atoms with Crippen LogP contribution in [-0.2, 0) is 21.3 Å². The summed E-state index contributed by atoms with van der Waals surface area (Å²) in [6.07, 6.45) is 1.28. The number of hydrogen-bond acceptors (Lipinski definition) is 5. The molecule has 0 bridgehead atoms. The van der Waals surface area contributed by atoms with Gasteiger partial charge in [-0.05, 0) is 17.7 Å². The molecule has 1 aromatic carbocycles. The minimum atomic E-state index is -3.60. The molecule has 25 heavy (non-hydrogen) atoms. The zero-order chi connectivity index (χ0) is 18.0. The number of morpholine rings is 1. The highest BCUT2D eigenvalue weighted by atomic mass is 35.5. The van der Waals surface area contributed by atoms with E-state index in [2.05, 4.69) is 5.10 Å². The van der Waals surface area contributed by atoms with Crippen molar-refractivity contribution >= 4 is 33.2 Å². The van der Waals surface area contributed by atoms with Crippen LogP contribution in [-0.4, -0.2) is 48.8 Å². The second-order valence-electron chi connectivity index (χ2n) is 5.43. The van der Waals surface area contributed by atoms with Crippen molar-refractivity contribution < 1.29 is 13.2 Å². The third-order valence-corrected chi connectivity index (χ3v) is 6.42. The average molecular weight is 404 g/mol. The molecule has 0 radical (unpaired) electrons. The lowest BCUT2D eigenvalue weighted by Crippen LogP contribution is -2.40. The van der Waals surface area contributed by atoms with Gasteiger partial charge in [0.15, 0.2) is 0 Å². The molecule has 0 N–H and O–H groups in total. The van der Waals surface area contributed by atoms with Crippen LogP contribution in [0.25, 0.3) is 0 Å². The van der Waals surface area contributed by atoms with Gasteiger partial charge in [-0.15, -0.1) is 0 Å². The number of aromatic nitrogens is 2. The van der Waals surface area contributed by atoms with Crippen LogP contribution in [0.2, 0.25) is 10.0 Å². The summed E-state index contributed by atoms with van der Waals surface area (Å²) in [6, 6.07) is 6.40. The van der Waals surface area contributed by atoms with Gasteiger partial charge in [0.05, 0.1) is 35.9 Å². The lowest BCUT2D eigenvalue weighted by atomic mass is 10.2. The van der Waals surface area contributed by atoms with E-state index in [9.17, 15) is 13.2 Å². The van der Waals surface area contributed by atoms with Gasteiger partial charge < -0.3 is 4.74 Å². The van der Waals surface area contributed by atoms with Crippen LogP contribution in [0.5, 0.6) is 0 Å². The summed E-state index contributed by atoms with van der Waals surface area (Å²) in [5.74, 6) is 0. The molecular weight excluding hydrogens is 389 g/mol. The van der Waals surface area contributed by atoms with Crippen molar-refractivity contribution in [1.29, 1.82) is 0 Å². The van der Waals surface area contributed by atoms with Gasteiger partial charge in [0, 0.05) is 13.1 Å². The summed E-state index contributed by atoms with van der Waals surface area (Å²) >= 11 is 11.6. The Bertz CT molecular complexity index is 940. The predicted molar refractivity (Wildman–Crippen MR) is 93.6 cm³/mol. The molecule has 0 aliphatic carbocycles. The summed E-state index contributed by atoms with van der Waals surface area (Å²) in [7, 11) is -3.60. The number of sulfonamides is 1. The molecule has 0 atom stereocenters. The molecule has 1 aliphatic rings. The van der Waals surface area contributed by atoms with E-state index in [1.807, 2.05) is 0 Å². The standard InChI is InChI=1S/C15H15Cl2N3O4S/c16-13-9-18-20(15(21)14(13)17)10-11-2-1-3-12(8-11)25(22,23)19-4-6-24-7-5-19/h1-3,8-9H,4-7,10H2. The molecule has 0 spiro atoms. The Morgan fingerprint density at radius 2 is 1.92 bits per heavy atom.